The zero-order valence-corrected chi connectivity index (χ0v) is 11.8. The Morgan fingerprint density at radius 1 is 1.30 bits per heavy atom. The van der Waals surface area contributed by atoms with Crippen LogP contribution in [0.1, 0.15) is 10.4 Å². The highest BCUT2D eigenvalue weighted by atomic mass is 35.5. The number of carboxylic acids is 1. The standard InChI is InChI=1S/C12H9ClN2O4S/c1-20(18,19)12-14-6-8(11(16)17)10(15-12)7-4-2-3-5-9(7)13/h2-6H,1H3,(H,16,17). The second-order valence-electron chi connectivity index (χ2n) is 3.97. The van der Waals surface area contributed by atoms with Gasteiger partial charge in [-0.3, -0.25) is 0 Å². The number of carbonyl (C=O) groups is 1. The number of aromatic carboxylic acids is 1. The van der Waals surface area contributed by atoms with Crippen molar-refractivity contribution in [1.29, 1.82) is 0 Å². The molecule has 8 heteroatoms. The van der Waals surface area contributed by atoms with Crippen molar-refractivity contribution in [2.75, 3.05) is 6.26 Å². The summed E-state index contributed by atoms with van der Waals surface area (Å²) in [6, 6.07) is 6.44. The second-order valence-corrected chi connectivity index (χ2v) is 6.29. The van der Waals surface area contributed by atoms with Gasteiger partial charge < -0.3 is 5.11 Å². The summed E-state index contributed by atoms with van der Waals surface area (Å²) in [5, 5.41) is 8.96. The Labute approximate surface area is 120 Å². The van der Waals surface area contributed by atoms with E-state index in [2.05, 4.69) is 9.97 Å². The first-order chi connectivity index (χ1) is 9.30. The number of rotatable bonds is 3. The minimum Gasteiger partial charge on any atom is -0.478 e. The fraction of sp³-hybridized carbons (Fsp3) is 0.0833. The highest BCUT2D eigenvalue weighted by Crippen LogP contribution is 2.29. The van der Waals surface area contributed by atoms with Crippen molar-refractivity contribution < 1.29 is 18.3 Å². The number of sulfone groups is 1. The Morgan fingerprint density at radius 3 is 2.50 bits per heavy atom. The predicted octanol–water partition coefficient (Wildman–Crippen LogP) is 1.90. The van der Waals surface area contributed by atoms with Crippen molar-refractivity contribution in [2.45, 2.75) is 5.16 Å². The lowest BCUT2D eigenvalue weighted by Crippen LogP contribution is -2.10. The quantitative estimate of drug-likeness (QED) is 0.869. The maximum atomic E-state index is 11.5. The third kappa shape index (κ3) is 2.78. The molecular weight excluding hydrogens is 304 g/mol. The molecule has 20 heavy (non-hydrogen) atoms. The summed E-state index contributed by atoms with van der Waals surface area (Å²) in [7, 11) is -3.65. The fourth-order valence-electron chi connectivity index (χ4n) is 1.56. The largest absolute Gasteiger partial charge is 0.478 e. The number of carboxylic acid groups (broad SMARTS) is 1. The molecule has 1 heterocycles. The zero-order valence-electron chi connectivity index (χ0n) is 10.2. The molecule has 0 unspecified atom stereocenters. The summed E-state index contributed by atoms with van der Waals surface area (Å²) in [6.45, 7) is 0. The normalized spacial score (nSPS) is 11.3. The molecule has 0 spiro atoms. The molecule has 6 nitrogen and oxygen atoms in total. The third-order valence-corrected chi connectivity index (χ3v) is 3.65. The van der Waals surface area contributed by atoms with Gasteiger partial charge in [-0.2, -0.15) is 0 Å². The highest BCUT2D eigenvalue weighted by molar-refractivity contribution is 7.90. The van der Waals surface area contributed by atoms with Crippen LogP contribution in [0.5, 0.6) is 0 Å². The van der Waals surface area contributed by atoms with Crippen LogP contribution in [0, 0.1) is 0 Å². The third-order valence-electron chi connectivity index (χ3n) is 2.46. The number of nitrogens with zero attached hydrogens (tertiary/aromatic N) is 2. The lowest BCUT2D eigenvalue weighted by Gasteiger charge is -2.08. The summed E-state index contributed by atoms with van der Waals surface area (Å²) < 4.78 is 23.0. The summed E-state index contributed by atoms with van der Waals surface area (Å²) in [5.74, 6) is -1.26. The lowest BCUT2D eigenvalue weighted by atomic mass is 10.1. The Bertz CT molecular complexity index is 790. The van der Waals surface area contributed by atoms with E-state index in [0.29, 0.717) is 5.56 Å². The molecule has 1 aromatic heterocycles. The van der Waals surface area contributed by atoms with Crippen LogP contribution < -0.4 is 0 Å². The summed E-state index contributed by atoms with van der Waals surface area (Å²) in [5.41, 5.74) is 0.0860. The zero-order chi connectivity index (χ0) is 14.9. The van der Waals surface area contributed by atoms with Crippen LogP contribution in [-0.4, -0.2) is 35.7 Å². The number of halogens is 1. The first kappa shape index (κ1) is 14.4. The maximum absolute atomic E-state index is 11.5. The molecule has 0 radical (unpaired) electrons. The maximum Gasteiger partial charge on any atom is 0.339 e. The molecule has 0 amide bonds. The van der Waals surface area contributed by atoms with Crippen molar-refractivity contribution in [3.8, 4) is 11.3 Å². The molecule has 0 atom stereocenters. The van der Waals surface area contributed by atoms with E-state index in [1.165, 1.54) is 0 Å². The van der Waals surface area contributed by atoms with Gasteiger partial charge in [0.05, 0.1) is 5.69 Å². The Kier molecular flexibility index (Phi) is 3.74. The van der Waals surface area contributed by atoms with E-state index >= 15 is 0 Å². The molecule has 0 aliphatic rings. The van der Waals surface area contributed by atoms with E-state index in [9.17, 15) is 13.2 Å². The lowest BCUT2D eigenvalue weighted by molar-refractivity contribution is 0.0696. The van der Waals surface area contributed by atoms with Gasteiger partial charge in [-0.25, -0.2) is 23.2 Å². The van der Waals surface area contributed by atoms with Gasteiger partial charge in [0.15, 0.2) is 0 Å². The average Bonchev–Trinajstić information content (AvgIpc) is 2.37. The SMILES string of the molecule is CS(=O)(=O)c1ncc(C(=O)O)c(-c2ccccc2Cl)n1. The molecule has 0 saturated carbocycles. The number of hydrogen-bond acceptors (Lipinski definition) is 5. The van der Waals surface area contributed by atoms with Gasteiger partial charge in [-0.1, -0.05) is 29.8 Å². The first-order valence-corrected chi connectivity index (χ1v) is 7.63. The van der Waals surface area contributed by atoms with Gasteiger partial charge in [-0.05, 0) is 6.07 Å². The van der Waals surface area contributed by atoms with Gasteiger partial charge in [-0.15, -0.1) is 0 Å². The van der Waals surface area contributed by atoms with Crippen LogP contribution in [0.25, 0.3) is 11.3 Å². The minimum absolute atomic E-state index is 0.0291. The van der Waals surface area contributed by atoms with Crippen molar-refractivity contribution in [3.63, 3.8) is 0 Å². The van der Waals surface area contributed by atoms with Gasteiger partial charge in [0.25, 0.3) is 0 Å². The van der Waals surface area contributed by atoms with Crippen LogP contribution in [0.4, 0.5) is 0 Å². The molecule has 0 fully saturated rings. The van der Waals surface area contributed by atoms with E-state index < -0.39 is 21.0 Å². The molecule has 1 aromatic carbocycles. The Hall–Kier alpha value is -1.99. The van der Waals surface area contributed by atoms with Crippen LogP contribution in [0.3, 0.4) is 0 Å². The summed E-state index contributed by atoms with van der Waals surface area (Å²) in [6.07, 6.45) is 1.91. The molecule has 0 saturated heterocycles. The molecular formula is C12H9ClN2O4S. The average molecular weight is 313 g/mol. The van der Waals surface area contributed by atoms with Crippen molar-refractivity contribution in [2.24, 2.45) is 0 Å². The van der Waals surface area contributed by atoms with Crippen molar-refractivity contribution in [3.05, 3.63) is 41.0 Å². The van der Waals surface area contributed by atoms with Crippen LogP contribution in [-0.2, 0) is 9.84 Å². The van der Waals surface area contributed by atoms with Gasteiger partial charge in [0.1, 0.15) is 5.56 Å². The second kappa shape index (κ2) is 5.18. The van der Waals surface area contributed by atoms with E-state index in [1.807, 2.05) is 0 Å². The van der Waals surface area contributed by atoms with Crippen LogP contribution >= 0.6 is 11.6 Å². The molecule has 0 bridgehead atoms. The highest BCUT2D eigenvalue weighted by Gasteiger charge is 2.20. The molecule has 0 aliphatic carbocycles. The number of aromatic nitrogens is 2. The smallest absolute Gasteiger partial charge is 0.339 e. The fourth-order valence-corrected chi connectivity index (χ4v) is 2.29. The Morgan fingerprint density at radius 2 is 1.95 bits per heavy atom. The monoisotopic (exact) mass is 312 g/mol. The molecule has 104 valence electrons. The van der Waals surface area contributed by atoms with Crippen molar-refractivity contribution in [1.82, 2.24) is 9.97 Å². The van der Waals surface area contributed by atoms with Gasteiger partial charge >= 0.3 is 5.97 Å². The molecule has 2 aromatic rings. The van der Waals surface area contributed by atoms with Crippen LogP contribution in [0.15, 0.2) is 35.6 Å². The van der Waals surface area contributed by atoms with Crippen LogP contribution in [0.2, 0.25) is 5.02 Å². The number of benzene rings is 1. The van der Waals surface area contributed by atoms with Gasteiger partial charge in [0, 0.05) is 23.0 Å². The van der Waals surface area contributed by atoms with E-state index in [1.54, 1.807) is 24.3 Å². The Balaban J connectivity index is 2.78. The molecule has 0 aliphatic heterocycles. The van der Waals surface area contributed by atoms with E-state index in [4.69, 9.17) is 16.7 Å². The summed E-state index contributed by atoms with van der Waals surface area (Å²) >= 11 is 6.00. The number of hydrogen-bond donors (Lipinski definition) is 1. The predicted molar refractivity (Wildman–Crippen MR) is 72.5 cm³/mol. The van der Waals surface area contributed by atoms with Gasteiger partial charge in [0.2, 0.25) is 15.0 Å². The summed E-state index contributed by atoms with van der Waals surface area (Å²) in [4.78, 5) is 18.6. The molecule has 1 N–H and O–H groups in total. The minimum atomic E-state index is -3.65. The topological polar surface area (TPSA) is 97.2 Å². The van der Waals surface area contributed by atoms with E-state index in [0.717, 1.165) is 12.5 Å². The molecule has 2 rings (SSSR count). The van der Waals surface area contributed by atoms with E-state index in [-0.39, 0.29) is 16.3 Å². The first-order valence-electron chi connectivity index (χ1n) is 5.36. The van der Waals surface area contributed by atoms with Crippen molar-refractivity contribution >= 4 is 27.4 Å².